The molecular formula is C9H18O. The molecule has 0 spiro atoms. The van der Waals surface area contributed by atoms with Gasteiger partial charge in [0.25, 0.3) is 0 Å². The summed E-state index contributed by atoms with van der Waals surface area (Å²) >= 11 is 0. The number of ketones is 1. The molecule has 0 aromatic heterocycles. The molecule has 10 heavy (non-hydrogen) atoms. The summed E-state index contributed by atoms with van der Waals surface area (Å²) < 4.78 is 0. The molecule has 0 unspecified atom stereocenters. The van der Waals surface area contributed by atoms with Crippen molar-refractivity contribution in [1.82, 2.24) is 0 Å². The van der Waals surface area contributed by atoms with Gasteiger partial charge in [-0.15, -0.1) is 0 Å². The minimum Gasteiger partial charge on any atom is -0.299 e. The monoisotopic (exact) mass is 142 g/mol. The van der Waals surface area contributed by atoms with Gasteiger partial charge in [0.15, 0.2) is 0 Å². The Morgan fingerprint density at radius 3 is 2.30 bits per heavy atom. The fourth-order valence-electron chi connectivity index (χ4n) is 1.09. The first kappa shape index (κ1) is 9.67. The molecule has 60 valence electrons. The summed E-state index contributed by atoms with van der Waals surface area (Å²) in [5.74, 6) is 0.731. The van der Waals surface area contributed by atoms with E-state index in [-0.39, 0.29) is 0 Å². The molecule has 0 aliphatic carbocycles. The van der Waals surface area contributed by atoms with E-state index < -0.39 is 0 Å². The quantitative estimate of drug-likeness (QED) is 0.577. The fraction of sp³-hybridized carbons (Fsp3) is 0.889. The van der Waals surface area contributed by atoms with Crippen LogP contribution >= 0.6 is 0 Å². The van der Waals surface area contributed by atoms with E-state index in [1.54, 1.807) is 0 Å². The lowest BCUT2D eigenvalue weighted by atomic mass is 9.98. The van der Waals surface area contributed by atoms with Gasteiger partial charge in [-0.2, -0.15) is 0 Å². The largest absolute Gasteiger partial charge is 0.299 e. The third kappa shape index (κ3) is 3.65. The van der Waals surface area contributed by atoms with Gasteiger partial charge in [-0.1, -0.05) is 27.2 Å². The van der Waals surface area contributed by atoms with Crippen molar-refractivity contribution in [2.45, 2.75) is 46.5 Å². The molecule has 0 bridgehead atoms. The van der Waals surface area contributed by atoms with Crippen LogP contribution in [0, 0.1) is 5.92 Å². The van der Waals surface area contributed by atoms with Gasteiger partial charge in [0.05, 0.1) is 0 Å². The minimum atomic E-state index is 0.296. The second kappa shape index (κ2) is 5.45. The first-order valence-electron chi connectivity index (χ1n) is 4.25. The average Bonchev–Trinajstić information content (AvgIpc) is 1.89. The van der Waals surface area contributed by atoms with Gasteiger partial charge >= 0.3 is 0 Å². The Labute approximate surface area is 63.8 Å². The lowest BCUT2D eigenvalue weighted by molar-refractivity contribution is -0.122. The van der Waals surface area contributed by atoms with Gasteiger partial charge in [-0.25, -0.2) is 0 Å². The molecule has 0 aromatic carbocycles. The highest BCUT2D eigenvalue weighted by Crippen LogP contribution is 2.09. The van der Waals surface area contributed by atoms with Crippen molar-refractivity contribution < 1.29 is 4.79 Å². The van der Waals surface area contributed by atoms with Gasteiger partial charge in [-0.05, 0) is 12.8 Å². The zero-order chi connectivity index (χ0) is 7.98. The first-order valence-corrected chi connectivity index (χ1v) is 4.25. The van der Waals surface area contributed by atoms with Crippen molar-refractivity contribution >= 4 is 5.78 Å². The molecule has 0 heterocycles. The highest BCUT2D eigenvalue weighted by Gasteiger charge is 2.09. The van der Waals surface area contributed by atoms with Crippen molar-refractivity contribution in [3.63, 3.8) is 0 Å². The van der Waals surface area contributed by atoms with Crippen LogP contribution in [0.5, 0.6) is 0 Å². The van der Waals surface area contributed by atoms with Crippen LogP contribution in [0.25, 0.3) is 0 Å². The molecule has 1 nitrogen and oxygen atoms in total. The van der Waals surface area contributed by atoms with Crippen molar-refractivity contribution in [2.24, 2.45) is 5.92 Å². The molecule has 0 fully saturated rings. The van der Waals surface area contributed by atoms with E-state index in [1.807, 2.05) is 6.92 Å². The maximum absolute atomic E-state index is 11.1. The van der Waals surface area contributed by atoms with Crippen LogP contribution in [0.4, 0.5) is 0 Å². The second-order valence-electron chi connectivity index (χ2n) is 2.91. The number of carbonyl (C=O) groups excluding carboxylic acids is 1. The highest BCUT2D eigenvalue weighted by molar-refractivity contribution is 5.80. The molecule has 0 aliphatic rings. The Bertz CT molecular complexity index is 96.9. The standard InChI is InChI=1S/C9H18O/c1-4-6-8(3)9(10)7-5-2/h8H,4-7H2,1-3H3/t8-/m0/s1. The van der Waals surface area contributed by atoms with Crippen LogP contribution in [0.2, 0.25) is 0 Å². The van der Waals surface area contributed by atoms with Crippen molar-refractivity contribution in [3.8, 4) is 0 Å². The Morgan fingerprint density at radius 1 is 1.30 bits per heavy atom. The number of hydrogen-bond donors (Lipinski definition) is 0. The number of hydrogen-bond acceptors (Lipinski definition) is 1. The normalized spacial score (nSPS) is 13.1. The Morgan fingerprint density at radius 2 is 1.90 bits per heavy atom. The van der Waals surface area contributed by atoms with E-state index in [0.717, 1.165) is 25.7 Å². The predicted molar refractivity (Wildman–Crippen MR) is 44.0 cm³/mol. The zero-order valence-corrected chi connectivity index (χ0v) is 7.31. The minimum absolute atomic E-state index is 0.296. The maximum Gasteiger partial charge on any atom is 0.135 e. The smallest absolute Gasteiger partial charge is 0.135 e. The first-order chi connectivity index (χ1) is 4.72. The van der Waals surface area contributed by atoms with E-state index in [9.17, 15) is 4.79 Å². The summed E-state index contributed by atoms with van der Waals surface area (Å²) in [7, 11) is 0. The van der Waals surface area contributed by atoms with Gasteiger partial charge in [0.1, 0.15) is 5.78 Å². The number of Topliss-reactive ketones (excluding diaryl/α,β-unsaturated/α-hetero) is 1. The predicted octanol–water partition coefficient (Wildman–Crippen LogP) is 2.79. The van der Waals surface area contributed by atoms with Crippen LogP contribution in [-0.2, 0) is 4.79 Å². The van der Waals surface area contributed by atoms with Crippen LogP contribution in [0.1, 0.15) is 46.5 Å². The third-order valence-corrected chi connectivity index (χ3v) is 1.77. The Kier molecular flexibility index (Phi) is 5.27. The van der Waals surface area contributed by atoms with Crippen molar-refractivity contribution in [1.29, 1.82) is 0 Å². The van der Waals surface area contributed by atoms with Crippen LogP contribution in [-0.4, -0.2) is 5.78 Å². The highest BCUT2D eigenvalue weighted by atomic mass is 16.1. The lowest BCUT2D eigenvalue weighted by Crippen LogP contribution is -2.09. The summed E-state index contributed by atoms with van der Waals surface area (Å²) in [6.07, 6.45) is 3.93. The topological polar surface area (TPSA) is 17.1 Å². The molecule has 0 radical (unpaired) electrons. The molecule has 1 atom stereocenters. The summed E-state index contributed by atoms with van der Waals surface area (Å²) in [5, 5.41) is 0. The summed E-state index contributed by atoms with van der Waals surface area (Å²) in [6.45, 7) is 6.20. The van der Waals surface area contributed by atoms with Crippen molar-refractivity contribution in [3.05, 3.63) is 0 Å². The molecule has 0 aliphatic heterocycles. The Balaban J connectivity index is 3.49. The van der Waals surface area contributed by atoms with Crippen molar-refractivity contribution in [2.75, 3.05) is 0 Å². The van der Waals surface area contributed by atoms with Gasteiger partial charge in [0, 0.05) is 12.3 Å². The van der Waals surface area contributed by atoms with Crippen LogP contribution < -0.4 is 0 Å². The summed E-state index contributed by atoms with van der Waals surface area (Å²) in [5.41, 5.74) is 0. The fourth-order valence-corrected chi connectivity index (χ4v) is 1.09. The van der Waals surface area contributed by atoms with Crippen LogP contribution in [0.15, 0.2) is 0 Å². The maximum atomic E-state index is 11.1. The molecular weight excluding hydrogens is 124 g/mol. The molecule has 0 amide bonds. The van der Waals surface area contributed by atoms with E-state index in [0.29, 0.717) is 11.7 Å². The molecule has 0 rings (SSSR count). The van der Waals surface area contributed by atoms with Gasteiger partial charge in [0.2, 0.25) is 0 Å². The lowest BCUT2D eigenvalue weighted by Gasteiger charge is -2.06. The van der Waals surface area contributed by atoms with E-state index in [2.05, 4.69) is 13.8 Å². The molecule has 0 saturated carbocycles. The second-order valence-corrected chi connectivity index (χ2v) is 2.91. The van der Waals surface area contributed by atoms with E-state index >= 15 is 0 Å². The Hall–Kier alpha value is -0.330. The molecule has 0 aromatic rings. The SMILES string of the molecule is CCCC(=O)[C@@H](C)CCC. The third-order valence-electron chi connectivity index (χ3n) is 1.77. The molecule has 0 N–H and O–H groups in total. The zero-order valence-electron chi connectivity index (χ0n) is 7.31. The summed E-state index contributed by atoms with van der Waals surface area (Å²) in [4.78, 5) is 11.1. The average molecular weight is 142 g/mol. The van der Waals surface area contributed by atoms with Crippen LogP contribution in [0.3, 0.4) is 0 Å². The number of rotatable bonds is 5. The summed E-state index contributed by atoms with van der Waals surface area (Å²) in [6, 6.07) is 0. The molecule has 0 saturated heterocycles. The van der Waals surface area contributed by atoms with Gasteiger partial charge in [-0.3, -0.25) is 4.79 Å². The molecule has 1 heteroatoms. The van der Waals surface area contributed by atoms with E-state index in [4.69, 9.17) is 0 Å². The van der Waals surface area contributed by atoms with E-state index in [1.165, 1.54) is 0 Å². The van der Waals surface area contributed by atoms with Gasteiger partial charge < -0.3 is 0 Å². The number of carbonyl (C=O) groups is 1.